The Balaban J connectivity index is 2.26. The molecule has 7 nitrogen and oxygen atoms in total. The van der Waals surface area contributed by atoms with E-state index in [1.54, 1.807) is 6.92 Å². The minimum atomic E-state index is -3.80. The average molecular weight is 329 g/mol. The van der Waals surface area contributed by atoms with Gasteiger partial charge in [0.05, 0.1) is 6.04 Å². The van der Waals surface area contributed by atoms with Crippen LogP contribution in [0.4, 0.5) is 0 Å². The van der Waals surface area contributed by atoms with Gasteiger partial charge < -0.3 is 9.67 Å². The highest BCUT2D eigenvalue weighted by Crippen LogP contribution is 2.21. The summed E-state index contributed by atoms with van der Waals surface area (Å²) < 4.78 is 28.3. The SMILES string of the molecule is Cc1csc(C(C)NS(=O)(=O)c2cc(C(=O)O)n(C)c2)n1. The lowest BCUT2D eigenvalue weighted by Gasteiger charge is -2.10. The zero-order valence-electron chi connectivity index (χ0n) is 11.7. The lowest BCUT2D eigenvalue weighted by Crippen LogP contribution is -2.26. The summed E-state index contributed by atoms with van der Waals surface area (Å²) in [5.74, 6) is -1.18. The van der Waals surface area contributed by atoms with Crippen LogP contribution in [0.5, 0.6) is 0 Å². The van der Waals surface area contributed by atoms with E-state index in [0.29, 0.717) is 5.01 Å². The summed E-state index contributed by atoms with van der Waals surface area (Å²) in [6, 6.07) is 0.645. The highest BCUT2D eigenvalue weighted by Gasteiger charge is 2.23. The molecule has 0 bridgehead atoms. The largest absolute Gasteiger partial charge is 0.477 e. The zero-order valence-corrected chi connectivity index (χ0v) is 13.3. The summed E-state index contributed by atoms with van der Waals surface area (Å²) >= 11 is 1.37. The maximum Gasteiger partial charge on any atom is 0.352 e. The standard InChI is InChI=1S/C12H15N3O4S2/c1-7-6-20-11(13-7)8(2)14-21(18,19)9-4-10(12(16)17)15(3)5-9/h4-6,8,14H,1-3H3,(H,16,17). The van der Waals surface area contributed by atoms with Gasteiger partial charge in [-0.05, 0) is 19.9 Å². The van der Waals surface area contributed by atoms with Gasteiger partial charge in [0.15, 0.2) is 0 Å². The molecule has 2 aromatic heterocycles. The highest BCUT2D eigenvalue weighted by atomic mass is 32.2. The second-order valence-electron chi connectivity index (χ2n) is 4.65. The summed E-state index contributed by atoms with van der Waals surface area (Å²) in [5, 5.41) is 11.5. The summed E-state index contributed by atoms with van der Waals surface area (Å²) in [7, 11) is -2.32. The molecule has 0 saturated carbocycles. The van der Waals surface area contributed by atoms with Gasteiger partial charge in [0.25, 0.3) is 0 Å². The maximum atomic E-state index is 12.3. The van der Waals surface area contributed by atoms with Gasteiger partial charge in [-0.15, -0.1) is 11.3 Å². The van der Waals surface area contributed by atoms with Crippen LogP contribution < -0.4 is 4.72 Å². The smallest absolute Gasteiger partial charge is 0.352 e. The first-order valence-corrected chi connectivity index (χ1v) is 8.41. The van der Waals surface area contributed by atoms with Crippen molar-refractivity contribution in [2.45, 2.75) is 24.8 Å². The van der Waals surface area contributed by atoms with Crippen LogP contribution in [0.15, 0.2) is 22.5 Å². The molecule has 1 unspecified atom stereocenters. The Morgan fingerprint density at radius 1 is 1.52 bits per heavy atom. The molecular weight excluding hydrogens is 314 g/mol. The molecule has 2 rings (SSSR count). The van der Waals surface area contributed by atoms with Crippen LogP contribution in [-0.2, 0) is 17.1 Å². The van der Waals surface area contributed by atoms with Gasteiger partial charge in [0, 0.05) is 24.3 Å². The third-order valence-electron chi connectivity index (χ3n) is 2.85. The molecule has 0 aliphatic heterocycles. The molecule has 21 heavy (non-hydrogen) atoms. The van der Waals surface area contributed by atoms with E-state index in [1.165, 1.54) is 29.1 Å². The van der Waals surface area contributed by atoms with E-state index in [4.69, 9.17) is 5.11 Å². The van der Waals surface area contributed by atoms with Gasteiger partial charge in [0.1, 0.15) is 15.6 Å². The number of carboxylic acid groups (broad SMARTS) is 1. The van der Waals surface area contributed by atoms with Gasteiger partial charge in [0.2, 0.25) is 10.0 Å². The van der Waals surface area contributed by atoms with E-state index >= 15 is 0 Å². The van der Waals surface area contributed by atoms with Crippen molar-refractivity contribution in [3.05, 3.63) is 34.0 Å². The van der Waals surface area contributed by atoms with E-state index in [0.717, 1.165) is 11.8 Å². The molecule has 2 aromatic rings. The van der Waals surface area contributed by atoms with E-state index in [-0.39, 0.29) is 10.6 Å². The van der Waals surface area contributed by atoms with Crippen LogP contribution in [0.2, 0.25) is 0 Å². The number of aryl methyl sites for hydroxylation is 2. The minimum absolute atomic E-state index is 0.0810. The van der Waals surface area contributed by atoms with Crippen molar-refractivity contribution >= 4 is 27.3 Å². The lowest BCUT2D eigenvalue weighted by atomic mass is 10.4. The molecule has 2 heterocycles. The number of carbonyl (C=O) groups is 1. The van der Waals surface area contributed by atoms with E-state index in [2.05, 4.69) is 9.71 Å². The topological polar surface area (TPSA) is 101 Å². The monoisotopic (exact) mass is 329 g/mol. The van der Waals surface area contributed by atoms with Crippen LogP contribution >= 0.6 is 11.3 Å². The number of carboxylic acids is 1. The molecule has 0 aliphatic rings. The molecule has 0 aliphatic carbocycles. The second-order valence-corrected chi connectivity index (χ2v) is 7.25. The van der Waals surface area contributed by atoms with Crippen molar-refractivity contribution in [1.29, 1.82) is 0 Å². The van der Waals surface area contributed by atoms with E-state index in [1.807, 2.05) is 12.3 Å². The number of nitrogens with one attached hydrogen (secondary N) is 1. The van der Waals surface area contributed by atoms with Crippen LogP contribution in [0, 0.1) is 6.92 Å². The molecular formula is C12H15N3O4S2. The third-order valence-corrected chi connectivity index (χ3v) is 5.50. The number of aromatic carboxylic acids is 1. The first-order chi connectivity index (χ1) is 9.70. The summed E-state index contributed by atoms with van der Waals surface area (Å²) in [5.41, 5.74) is 0.738. The number of aromatic nitrogens is 2. The Bertz CT molecular complexity index is 776. The Labute approximate surface area is 126 Å². The first-order valence-electron chi connectivity index (χ1n) is 6.04. The summed E-state index contributed by atoms with van der Waals surface area (Å²) in [6.07, 6.45) is 1.27. The van der Waals surface area contributed by atoms with Gasteiger partial charge in [-0.25, -0.2) is 22.9 Å². The van der Waals surface area contributed by atoms with Gasteiger partial charge >= 0.3 is 5.97 Å². The molecule has 1 atom stereocenters. The van der Waals surface area contributed by atoms with Gasteiger partial charge in [-0.2, -0.15) is 0 Å². The van der Waals surface area contributed by atoms with Gasteiger partial charge in [-0.1, -0.05) is 0 Å². The molecule has 2 N–H and O–H groups in total. The fourth-order valence-electron chi connectivity index (χ4n) is 1.82. The fourth-order valence-corrected chi connectivity index (χ4v) is 3.97. The van der Waals surface area contributed by atoms with Crippen LogP contribution in [0.25, 0.3) is 0 Å². The predicted molar refractivity (Wildman–Crippen MR) is 78.0 cm³/mol. The van der Waals surface area contributed by atoms with Crippen LogP contribution in [0.1, 0.15) is 34.2 Å². The molecule has 0 amide bonds. The van der Waals surface area contributed by atoms with E-state index in [9.17, 15) is 13.2 Å². The molecule has 9 heteroatoms. The number of sulfonamides is 1. The quantitative estimate of drug-likeness (QED) is 0.866. The van der Waals surface area contributed by atoms with Crippen molar-refractivity contribution in [2.24, 2.45) is 7.05 Å². The average Bonchev–Trinajstić information content (AvgIpc) is 2.95. The molecule has 0 radical (unpaired) electrons. The van der Waals surface area contributed by atoms with Gasteiger partial charge in [-0.3, -0.25) is 0 Å². The van der Waals surface area contributed by atoms with Crippen molar-refractivity contribution < 1.29 is 18.3 Å². The molecule has 114 valence electrons. The predicted octanol–water partition coefficient (Wildman–Crippen LogP) is 1.53. The highest BCUT2D eigenvalue weighted by molar-refractivity contribution is 7.89. The van der Waals surface area contributed by atoms with Crippen molar-refractivity contribution in [3.63, 3.8) is 0 Å². The number of hydrogen-bond acceptors (Lipinski definition) is 5. The van der Waals surface area contributed by atoms with E-state index < -0.39 is 22.0 Å². The van der Waals surface area contributed by atoms with Crippen LogP contribution in [0.3, 0.4) is 0 Å². The van der Waals surface area contributed by atoms with Crippen molar-refractivity contribution in [1.82, 2.24) is 14.3 Å². The molecule has 0 aromatic carbocycles. The number of nitrogens with zero attached hydrogens (tertiary/aromatic N) is 2. The summed E-state index contributed by atoms with van der Waals surface area (Å²) in [4.78, 5) is 15.1. The molecule has 0 fully saturated rings. The number of hydrogen-bond donors (Lipinski definition) is 2. The number of thiazole rings is 1. The Hall–Kier alpha value is -1.71. The lowest BCUT2D eigenvalue weighted by molar-refractivity contribution is 0.0686. The second kappa shape index (κ2) is 5.58. The molecule has 0 spiro atoms. The van der Waals surface area contributed by atoms with Crippen LogP contribution in [-0.4, -0.2) is 29.0 Å². The third kappa shape index (κ3) is 3.31. The Kier molecular flexibility index (Phi) is 4.17. The van der Waals surface area contributed by atoms with Crippen molar-refractivity contribution in [3.8, 4) is 0 Å². The first kappa shape index (κ1) is 15.7. The number of rotatable bonds is 5. The van der Waals surface area contributed by atoms with Crippen molar-refractivity contribution in [2.75, 3.05) is 0 Å². The minimum Gasteiger partial charge on any atom is -0.477 e. The normalized spacial score (nSPS) is 13.3. The fraction of sp³-hybridized carbons (Fsp3) is 0.333. The summed E-state index contributed by atoms with van der Waals surface area (Å²) in [6.45, 7) is 3.52. The molecule has 0 saturated heterocycles. The Morgan fingerprint density at radius 3 is 2.67 bits per heavy atom. The zero-order chi connectivity index (χ0) is 15.8. The maximum absolute atomic E-state index is 12.3. The Morgan fingerprint density at radius 2 is 2.19 bits per heavy atom.